The van der Waals surface area contributed by atoms with Gasteiger partial charge < -0.3 is 0 Å². The Morgan fingerprint density at radius 3 is 1.94 bits per heavy atom. The molecule has 1 aromatic heterocycles. The van der Waals surface area contributed by atoms with Gasteiger partial charge in [-0.25, -0.2) is 15.0 Å². The molecule has 0 amide bonds. The van der Waals surface area contributed by atoms with Gasteiger partial charge >= 0.3 is 0 Å². The van der Waals surface area contributed by atoms with Crippen molar-refractivity contribution in [3.05, 3.63) is 108 Å². The lowest BCUT2D eigenvalue weighted by Crippen LogP contribution is -2.02. The maximum absolute atomic E-state index is 4.66. The summed E-state index contributed by atoms with van der Waals surface area (Å²) in [6.45, 7) is 11.8. The highest BCUT2D eigenvalue weighted by molar-refractivity contribution is 9.10. The van der Waals surface area contributed by atoms with Crippen LogP contribution in [0.1, 0.15) is 26.1 Å². The molecule has 0 atom stereocenters. The highest BCUT2D eigenvalue weighted by atomic mass is 79.9. The van der Waals surface area contributed by atoms with Crippen molar-refractivity contribution in [1.82, 2.24) is 15.0 Å². The van der Waals surface area contributed by atoms with E-state index in [1.54, 1.807) is 12.2 Å². The van der Waals surface area contributed by atoms with Gasteiger partial charge in [-0.15, -0.1) is 0 Å². The predicted octanol–water partition coefficient (Wildman–Crippen LogP) is 7.81. The summed E-state index contributed by atoms with van der Waals surface area (Å²) < 4.78 is 1.01. The minimum absolute atomic E-state index is 0. The average Bonchev–Trinajstić information content (AvgIpc) is 2.79. The summed E-state index contributed by atoms with van der Waals surface area (Å²) in [6.07, 6.45) is 10.6. The zero-order chi connectivity index (χ0) is 21.8. The summed E-state index contributed by atoms with van der Waals surface area (Å²) in [7, 11) is 0. The molecular weight excluding hydrogens is 466 g/mol. The van der Waals surface area contributed by atoms with E-state index < -0.39 is 0 Å². The minimum atomic E-state index is 0. The maximum atomic E-state index is 4.66. The molecule has 2 aromatic carbocycles. The number of halogens is 1. The Kier molecular flexibility index (Phi) is 12.1. The maximum Gasteiger partial charge on any atom is 0.164 e. The van der Waals surface area contributed by atoms with Crippen molar-refractivity contribution in [2.45, 2.75) is 20.3 Å². The Morgan fingerprint density at radius 1 is 0.903 bits per heavy atom. The monoisotopic (exact) mass is 493 g/mol. The smallest absolute Gasteiger partial charge is 0.164 e. The first-order valence-electron chi connectivity index (χ1n) is 9.77. The lowest BCUT2D eigenvalue weighted by Gasteiger charge is -2.08. The van der Waals surface area contributed by atoms with Crippen molar-refractivity contribution in [3.63, 3.8) is 0 Å². The molecule has 3 nitrogen and oxygen atoms in total. The van der Waals surface area contributed by atoms with Crippen LogP contribution in [-0.2, 0) is 0 Å². The lowest BCUT2D eigenvalue weighted by atomic mass is 10.1. The van der Waals surface area contributed by atoms with Crippen molar-refractivity contribution in [3.8, 4) is 22.8 Å². The summed E-state index contributed by atoms with van der Waals surface area (Å²) in [5.74, 6) is 1.81. The second-order valence-corrected chi connectivity index (χ2v) is 7.13. The third kappa shape index (κ3) is 8.12. The van der Waals surface area contributed by atoms with Crippen LogP contribution >= 0.6 is 29.4 Å². The number of nitrogens with zero attached hydrogens (tertiary/aromatic N) is 3. The van der Waals surface area contributed by atoms with E-state index in [1.165, 1.54) is 0 Å². The number of hydrogen-bond acceptors (Lipinski definition) is 3. The van der Waals surface area contributed by atoms with E-state index in [4.69, 9.17) is 0 Å². The highest BCUT2D eigenvalue weighted by Gasteiger charge is 2.12. The van der Waals surface area contributed by atoms with E-state index in [2.05, 4.69) is 63.1 Å². The van der Waals surface area contributed by atoms with E-state index in [-0.39, 0.29) is 13.5 Å². The molecule has 1 heterocycles. The molecular formula is C26H28BrN3S. The third-order valence-electron chi connectivity index (χ3n) is 4.02. The fourth-order valence-corrected chi connectivity index (χ4v) is 2.81. The van der Waals surface area contributed by atoms with Crippen LogP contribution in [0.4, 0.5) is 0 Å². The second kappa shape index (κ2) is 14.3. The largest absolute Gasteiger partial charge is 0.208 e. The fraction of sp³-hybridized carbons (Fsp3) is 0.115. The van der Waals surface area contributed by atoms with E-state index in [0.29, 0.717) is 17.5 Å². The van der Waals surface area contributed by atoms with E-state index in [9.17, 15) is 0 Å². The molecule has 3 aromatic rings. The molecule has 3 rings (SSSR count). The van der Waals surface area contributed by atoms with Crippen LogP contribution in [-0.4, -0.2) is 15.0 Å². The number of hydrogen-bond donors (Lipinski definition) is 0. The summed E-state index contributed by atoms with van der Waals surface area (Å²) >= 11 is 3.45. The number of aromatic nitrogens is 3. The Labute approximate surface area is 201 Å². The topological polar surface area (TPSA) is 38.7 Å². The number of benzene rings is 2. The molecule has 0 saturated carbocycles. The molecule has 0 spiro atoms. The second-order valence-electron chi connectivity index (χ2n) is 6.22. The first-order chi connectivity index (χ1) is 14.6. The van der Waals surface area contributed by atoms with Gasteiger partial charge in [0.15, 0.2) is 17.5 Å². The van der Waals surface area contributed by atoms with Gasteiger partial charge in [0.2, 0.25) is 0 Å². The summed E-state index contributed by atoms with van der Waals surface area (Å²) in [5, 5.41) is 0. The molecule has 0 bridgehead atoms. The molecule has 0 fully saturated rings. The molecule has 5 heteroatoms. The highest BCUT2D eigenvalue weighted by Crippen LogP contribution is 2.24. The third-order valence-corrected chi connectivity index (χ3v) is 4.55. The molecule has 0 radical (unpaired) electrons. The van der Waals surface area contributed by atoms with Gasteiger partial charge in [0.05, 0.1) is 0 Å². The molecule has 0 aliphatic heterocycles. The SMILES string of the molecule is C/C=C\CC.C=C/C=C(\C=C)c1nc(-c2ccccc2)nc(-c2ccc(Br)cc2)n1.S. The standard InChI is InChI=1S/C21H16BrN3.C5H10.H2S/c1-3-8-15(4-2)19-23-20(16-9-6-5-7-10-16)25-21(24-19)17-11-13-18(22)14-12-17;1-3-5-4-2;/h3-14H,1-2H2;3,5H,4H2,1-2H3;1H2/b15-8+;5-3-;. The number of allylic oxidation sites excluding steroid dienone is 6. The van der Waals surface area contributed by atoms with Crippen molar-refractivity contribution in [2.75, 3.05) is 0 Å². The fourth-order valence-electron chi connectivity index (χ4n) is 2.55. The lowest BCUT2D eigenvalue weighted by molar-refractivity contribution is 1.04. The molecule has 0 N–H and O–H groups in total. The zero-order valence-electron chi connectivity index (χ0n) is 17.9. The Bertz CT molecular complexity index is 1030. The first kappa shape index (κ1) is 26.3. The minimum Gasteiger partial charge on any atom is -0.208 e. The molecule has 31 heavy (non-hydrogen) atoms. The van der Waals surface area contributed by atoms with Crippen LogP contribution in [0.5, 0.6) is 0 Å². The normalized spacial score (nSPS) is 10.6. The molecule has 160 valence electrons. The van der Waals surface area contributed by atoms with Gasteiger partial charge in [0, 0.05) is 21.2 Å². The van der Waals surface area contributed by atoms with Gasteiger partial charge in [-0.1, -0.05) is 109 Å². The Balaban J connectivity index is 0.000000721. The van der Waals surface area contributed by atoms with Crippen LogP contribution < -0.4 is 0 Å². The Morgan fingerprint density at radius 2 is 1.48 bits per heavy atom. The van der Waals surface area contributed by atoms with Gasteiger partial charge in [0.1, 0.15) is 0 Å². The average molecular weight is 495 g/mol. The van der Waals surface area contributed by atoms with Crippen LogP contribution in [0, 0.1) is 0 Å². The summed E-state index contributed by atoms with van der Waals surface area (Å²) in [6, 6.07) is 17.7. The summed E-state index contributed by atoms with van der Waals surface area (Å²) in [4.78, 5) is 13.9. The molecule has 0 aliphatic carbocycles. The molecule has 0 aliphatic rings. The van der Waals surface area contributed by atoms with Crippen LogP contribution in [0.15, 0.2) is 103 Å². The van der Waals surface area contributed by atoms with Gasteiger partial charge in [0.25, 0.3) is 0 Å². The molecule has 0 saturated heterocycles. The van der Waals surface area contributed by atoms with E-state index in [0.717, 1.165) is 27.6 Å². The number of rotatable bonds is 6. The van der Waals surface area contributed by atoms with Crippen molar-refractivity contribution < 1.29 is 0 Å². The van der Waals surface area contributed by atoms with Crippen molar-refractivity contribution >= 4 is 35.0 Å². The van der Waals surface area contributed by atoms with Crippen LogP contribution in [0.2, 0.25) is 0 Å². The van der Waals surface area contributed by atoms with Crippen molar-refractivity contribution in [2.24, 2.45) is 0 Å². The molecule has 0 unspecified atom stereocenters. The quantitative estimate of drug-likeness (QED) is 0.259. The first-order valence-corrected chi connectivity index (χ1v) is 10.6. The predicted molar refractivity (Wildman–Crippen MR) is 142 cm³/mol. The van der Waals surface area contributed by atoms with Crippen LogP contribution in [0.3, 0.4) is 0 Å². The van der Waals surface area contributed by atoms with E-state index >= 15 is 0 Å². The van der Waals surface area contributed by atoms with Crippen molar-refractivity contribution in [1.29, 1.82) is 0 Å². The van der Waals surface area contributed by atoms with Gasteiger partial charge in [-0.05, 0) is 25.5 Å². The Hall–Kier alpha value is -2.76. The van der Waals surface area contributed by atoms with Gasteiger partial charge in [-0.2, -0.15) is 13.5 Å². The van der Waals surface area contributed by atoms with E-state index in [1.807, 2.05) is 67.6 Å². The zero-order valence-corrected chi connectivity index (χ0v) is 20.5. The summed E-state index contributed by atoms with van der Waals surface area (Å²) in [5.41, 5.74) is 2.66. The van der Waals surface area contributed by atoms with Gasteiger partial charge in [-0.3, -0.25) is 0 Å². The van der Waals surface area contributed by atoms with Crippen LogP contribution in [0.25, 0.3) is 28.3 Å².